The molecule has 364 valence electrons. The fourth-order valence-electron chi connectivity index (χ4n) is 6.51. The molecule has 5 aromatic rings. The van der Waals surface area contributed by atoms with Gasteiger partial charge in [0.1, 0.15) is 40.6 Å². The lowest BCUT2D eigenvalue weighted by Gasteiger charge is -2.19. The van der Waals surface area contributed by atoms with Crippen molar-refractivity contribution in [3.05, 3.63) is 89.5 Å². The third-order valence-corrected chi connectivity index (χ3v) is 10.8. The molecule has 2 aromatic carbocycles. The van der Waals surface area contributed by atoms with E-state index in [1.807, 2.05) is 31.4 Å². The summed E-state index contributed by atoms with van der Waals surface area (Å²) in [7, 11) is -0.610. The van der Waals surface area contributed by atoms with Crippen LogP contribution in [0.5, 0.6) is 11.5 Å². The number of amides is 5. The number of nitrogen functional groups attached to an aromatic ring is 1. The smallest absolute Gasteiger partial charge is 0.439 e. The van der Waals surface area contributed by atoms with Crippen molar-refractivity contribution in [2.45, 2.75) is 73.2 Å². The number of benzene rings is 2. The van der Waals surface area contributed by atoms with Gasteiger partial charge in [0.25, 0.3) is 5.91 Å². The molecular formula is C45H59N13O9S. The van der Waals surface area contributed by atoms with Gasteiger partial charge in [-0.05, 0) is 90.6 Å². The van der Waals surface area contributed by atoms with Crippen LogP contribution >= 0.6 is 0 Å². The fourth-order valence-corrected chi connectivity index (χ4v) is 7.44. The lowest BCUT2D eigenvalue weighted by atomic mass is 10.1. The average Bonchev–Trinajstić information content (AvgIpc) is 3.97. The quantitative estimate of drug-likeness (QED) is 0.0272. The summed E-state index contributed by atoms with van der Waals surface area (Å²) in [6.45, 7) is 12.5. The maximum absolute atomic E-state index is 13.7. The molecular weight excluding hydrogens is 899 g/mol. The Balaban J connectivity index is 1.34. The van der Waals surface area contributed by atoms with E-state index in [2.05, 4.69) is 30.5 Å². The van der Waals surface area contributed by atoms with Gasteiger partial charge in [-0.3, -0.25) is 34.4 Å². The molecule has 1 unspecified atom stereocenters. The highest BCUT2D eigenvalue weighted by Gasteiger charge is 2.22. The number of primary amides is 2. The molecule has 5 rings (SSSR count). The minimum Gasteiger partial charge on any atom is -0.491 e. The van der Waals surface area contributed by atoms with Crippen LogP contribution in [0.3, 0.4) is 0 Å². The number of hydrogen-bond acceptors (Lipinski definition) is 14. The summed E-state index contributed by atoms with van der Waals surface area (Å²) in [6.07, 6.45) is 11.5. The highest BCUT2D eigenvalue weighted by atomic mass is 32.2. The van der Waals surface area contributed by atoms with Crippen LogP contribution in [-0.2, 0) is 39.8 Å². The Kier molecular flexibility index (Phi) is 17.9. The van der Waals surface area contributed by atoms with E-state index in [1.165, 1.54) is 30.5 Å². The Labute approximate surface area is 395 Å². The van der Waals surface area contributed by atoms with Crippen LogP contribution in [0.4, 0.5) is 32.6 Å². The minimum absolute atomic E-state index is 0.0987. The van der Waals surface area contributed by atoms with E-state index in [4.69, 9.17) is 41.1 Å². The number of nitrogens with zero attached hydrogens (tertiary/aromatic N) is 7. The molecule has 0 saturated carbocycles. The van der Waals surface area contributed by atoms with Gasteiger partial charge in [-0.25, -0.2) is 14.6 Å². The molecule has 0 bridgehead atoms. The number of nitrogens with two attached hydrogens (primary N) is 3. The number of anilines is 4. The molecule has 0 saturated heterocycles. The third-order valence-electron chi connectivity index (χ3n) is 9.43. The second kappa shape index (κ2) is 23.7. The second-order valence-electron chi connectivity index (χ2n) is 16.0. The first kappa shape index (κ1) is 51.3. The van der Waals surface area contributed by atoms with E-state index in [0.29, 0.717) is 64.8 Å². The van der Waals surface area contributed by atoms with Gasteiger partial charge in [0, 0.05) is 42.7 Å². The van der Waals surface area contributed by atoms with E-state index in [9.17, 15) is 24.0 Å². The zero-order valence-electron chi connectivity index (χ0n) is 39.2. The number of rotatable bonds is 22. The van der Waals surface area contributed by atoms with Gasteiger partial charge in [-0.2, -0.15) is 14.6 Å². The summed E-state index contributed by atoms with van der Waals surface area (Å²) in [5, 5.41) is 17.5. The van der Waals surface area contributed by atoms with Crippen molar-refractivity contribution in [1.29, 1.82) is 0 Å². The maximum atomic E-state index is 13.7. The minimum atomic E-state index is -0.699. The summed E-state index contributed by atoms with van der Waals surface area (Å²) in [4.78, 5) is 67.0. The number of allylic oxidation sites excluding steroid dienone is 2. The predicted molar refractivity (Wildman–Crippen MR) is 260 cm³/mol. The topological polar surface area (TPSA) is 302 Å². The van der Waals surface area contributed by atoms with Crippen molar-refractivity contribution < 1.29 is 42.9 Å². The van der Waals surface area contributed by atoms with Gasteiger partial charge >= 0.3 is 12.2 Å². The summed E-state index contributed by atoms with van der Waals surface area (Å²) in [5.74, 6) is -0.548. The molecule has 0 radical (unpaired) electrons. The first-order valence-corrected chi connectivity index (χ1v) is 23.4. The molecule has 0 aliphatic heterocycles. The zero-order chi connectivity index (χ0) is 49.5. The van der Waals surface area contributed by atoms with Crippen LogP contribution in [0.15, 0.2) is 71.4 Å². The van der Waals surface area contributed by atoms with Crippen molar-refractivity contribution in [2.75, 3.05) is 60.1 Å². The summed E-state index contributed by atoms with van der Waals surface area (Å²) in [6, 6.07) is 7.68. The third kappa shape index (κ3) is 14.7. The van der Waals surface area contributed by atoms with Crippen molar-refractivity contribution in [3.63, 3.8) is 0 Å². The number of aryl methyl sites for hydroxylation is 2. The van der Waals surface area contributed by atoms with Crippen LogP contribution < -0.4 is 42.6 Å². The number of fused-ring (bicyclic) bond motifs is 1. The van der Waals surface area contributed by atoms with E-state index in [0.717, 1.165) is 0 Å². The Morgan fingerprint density at radius 1 is 0.912 bits per heavy atom. The molecule has 0 aliphatic carbocycles. The first-order valence-electron chi connectivity index (χ1n) is 21.6. The zero-order valence-corrected chi connectivity index (χ0v) is 40.0. The molecule has 1 atom stereocenters. The summed E-state index contributed by atoms with van der Waals surface area (Å²) < 4.78 is 31.5. The van der Waals surface area contributed by atoms with Gasteiger partial charge in [-0.15, -0.1) is 0 Å². The predicted octanol–water partition coefficient (Wildman–Crippen LogP) is 5.80. The monoisotopic (exact) mass is 957 g/mol. The standard InChI is InChI=1S/C45H59N13O9S/c1-8-58-34(21-28(3)54-58)41(61)53-42-52-33-23-30(40(48)60)25-36(66-19-14-20-68(7)55-44(63)64-9-2)38(33)57(42)17-11-10-15-49-37-32(46)22-29(39(47)59)24-35(37)65-18-13-12-16-56-27-31(26-50-56)51-43(62)67-45(4,5)6/h10-13,21-27,49H,8-9,14-20,46H2,1-7H3,(H2,47,59)(H2,48,60)(H,51,62)(H,52,53,61)/b11-10+,13-12+. The lowest BCUT2D eigenvalue weighted by molar-refractivity contribution is 0.0635. The van der Waals surface area contributed by atoms with Crippen molar-refractivity contribution in [2.24, 2.45) is 15.8 Å². The van der Waals surface area contributed by atoms with Crippen molar-refractivity contribution in [3.8, 4) is 11.5 Å². The van der Waals surface area contributed by atoms with E-state index < -0.39 is 46.2 Å². The molecule has 3 heterocycles. The summed E-state index contributed by atoms with van der Waals surface area (Å²) in [5.41, 5.74) is 20.3. The van der Waals surface area contributed by atoms with Crippen LogP contribution in [0.25, 0.3) is 11.0 Å². The molecule has 0 aliphatic rings. The van der Waals surface area contributed by atoms with Crippen LogP contribution in [0, 0.1) is 6.92 Å². The van der Waals surface area contributed by atoms with Crippen LogP contribution in [0.2, 0.25) is 0 Å². The number of nitrogens with one attached hydrogen (secondary N) is 3. The van der Waals surface area contributed by atoms with Crippen LogP contribution in [-0.4, -0.2) is 103 Å². The summed E-state index contributed by atoms with van der Waals surface area (Å²) >= 11 is 0. The molecule has 68 heavy (non-hydrogen) atoms. The Bertz CT molecular complexity index is 2730. The molecule has 0 spiro atoms. The van der Waals surface area contributed by atoms with E-state index in [1.54, 1.807) is 66.9 Å². The SMILES string of the molecule is CCOC(=O)/N=S(\C)CCCOc1cc(C(N)=O)cc2nc(NC(=O)c3cc(C)nn3CC)n(C/C=C/CNc3c(N)cc(C(N)=O)cc3OC/C=C/Cn3cc(NC(=O)OC(C)(C)C)cn3)c12. The number of ether oxygens (including phenoxy) is 4. The molecule has 9 N–H and O–H groups in total. The van der Waals surface area contributed by atoms with Gasteiger partial charge < -0.3 is 46.0 Å². The van der Waals surface area contributed by atoms with Crippen LogP contribution in [0.1, 0.15) is 77.9 Å². The number of imidazole rings is 1. The number of hydrogen-bond donors (Lipinski definition) is 6. The van der Waals surface area contributed by atoms with Gasteiger partial charge in [0.15, 0.2) is 0 Å². The number of aromatic nitrogens is 6. The number of carbonyl (C=O) groups is 5. The second-order valence-corrected chi connectivity index (χ2v) is 17.8. The number of carbonyl (C=O) groups excluding carboxylic acids is 5. The van der Waals surface area contributed by atoms with Crippen molar-refractivity contribution in [1.82, 2.24) is 29.1 Å². The molecule has 0 fully saturated rings. The van der Waals surface area contributed by atoms with E-state index in [-0.39, 0.29) is 61.4 Å². The highest BCUT2D eigenvalue weighted by molar-refractivity contribution is 7.86. The highest BCUT2D eigenvalue weighted by Crippen LogP contribution is 2.34. The Morgan fingerprint density at radius 3 is 2.34 bits per heavy atom. The van der Waals surface area contributed by atoms with Gasteiger partial charge in [-0.1, -0.05) is 28.9 Å². The molecule has 22 nitrogen and oxygen atoms in total. The largest absolute Gasteiger partial charge is 0.491 e. The lowest BCUT2D eigenvalue weighted by Crippen LogP contribution is -2.27. The Morgan fingerprint density at radius 2 is 1.63 bits per heavy atom. The maximum Gasteiger partial charge on any atom is 0.439 e. The molecule has 5 amide bonds. The molecule has 23 heteroatoms. The average molecular weight is 958 g/mol. The van der Waals surface area contributed by atoms with Gasteiger partial charge in [0.2, 0.25) is 17.8 Å². The molecule has 3 aromatic heterocycles. The van der Waals surface area contributed by atoms with Crippen molar-refractivity contribution >= 4 is 74.6 Å². The fraction of sp³-hybridized carbons (Fsp3) is 0.378. The normalized spacial score (nSPS) is 12.1. The first-order chi connectivity index (χ1) is 32.3. The van der Waals surface area contributed by atoms with E-state index >= 15 is 0 Å². The Hall–Kier alpha value is -7.69. The van der Waals surface area contributed by atoms with Gasteiger partial charge in [0.05, 0.1) is 48.5 Å².